The van der Waals surface area contributed by atoms with E-state index in [0.29, 0.717) is 6.42 Å². The summed E-state index contributed by atoms with van der Waals surface area (Å²) in [5.74, 6) is -3.03. The number of para-hydroxylation sites is 2. The Balaban J connectivity index is 0.000000261. The van der Waals surface area contributed by atoms with Crippen molar-refractivity contribution < 1.29 is 45.7 Å². The first-order valence-electron chi connectivity index (χ1n) is 9.64. The molecule has 7 nitrogen and oxygen atoms in total. The molecule has 1 aliphatic carbocycles. The summed E-state index contributed by atoms with van der Waals surface area (Å²) in [5, 5.41) is 22.7. The Morgan fingerprint density at radius 1 is 0.688 bits per heavy atom. The second-order valence-electron chi connectivity index (χ2n) is 7.29. The second-order valence-corrected chi connectivity index (χ2v) is 7.29. The molecule has 5 rings (SSSR count). The molecule has 2 aromatic heterocycles. The first-order chi connectivity index (χ1) is 14.5. The van der Waals surface area contributed by atoms with E-state index in [4.69, 9.17) is 0 Å². The van der Waals surface area contributed by atoms with Gasteiger partial charge in [0.2, 0.25) is 0 Å². The zero-order valence-electron chi connectivity index (χ0n) is 16.9. The van der Waals surface area contributed by atoms with E-state index in [-0.39, 0.29) is 38.7 Å². The Labute approximate surface area is 198 Å². The van der Waals surface area contributed by atoms with Gasteiger partial charge in [-0.25, -0.2) is 9.97 Å². The number of carboxylic acid groups (broad SMARTS) is 2. The molecule has 1 saturated carbocycles. The average Bonchev–Trinajstić information content (AvgIpc) is 2.72. The molecule has 4 aromatic rings. The van der Waals surface area contributed by atoms with Crippen molar-refractivity contribution >= 4 is 33.7 Å². The van der Waals surface area contributed by atoms with Crippen molar-refractivity contribution in [1.82, 2.24) is 9.97 Å². The van der Waals surface area contributed by atoms with Crippen molar-refractivity contribution in [2.45, 2.75) is 19.3 Å². The average molecular weight is 523 g/mol. The maximum atomic E-state index is 10.2. The quantitative estimate of drug-likeness (QED) is 0.293. The van der Waals surface area contributed by atoms with E-state index in [0.717, 1.165) is 33.2 Å². The van der Waals surface area contributed by atoms with Crippen LogP contribution in [0.4, 0.5) is 0 Å². The van der Waals surface area contributed by atoms with E-state index in [1.54, 1.807) is 0 Å². The molecule has 0 amide bonds. The zero-order valence-corrected chi connectivity index (χ0v) is 18.4. The van der Waals surface area contributed by atoms with Crippen LogP contribution >= 0.6 is 0 Å². The molecule has 166 valence electrons. The first-order valence-corrected chi connectivity index (χ1v) is 9.64. The normalized spacial score (nSPS) is 13.5. The largest absolute Gasteiger partial charge is 2.00 e. The van der Waals surface area contributed by atoms with Crippen molar-refractivity contribution in [2.75, 3.05) is 0 Å². The van der Waals surface area contributed by atoms with Crippen molar-refractivity contribution in [2.24, 2.45) is 5.41 Å². The summed E-state index contributed by atoms with van der Waals surface area (Å²) < 4.78 is 0. The number of fused-ring (bicyclic) bond motifs is 2. The number of carboxylic acids is 2. The van der Waals surface area contributed by atoms with Gasteiger partial charge in [-0.2, -0.15) is 0 Å². The molecule has 1 fully saturated rings. The standard InChI is InChI=1S/C18H12N2.C6H8O4.H2O.Pd/c1-3-7-15-13(5-1)9-11-17(19-15)18-12-10-14-6-2-4-8-16(14)20-18;7-4(8)6(5(9)10)2-1-3-6;;/h1-12H;1-3H2,(H,7,8)(H,9,10);1H2;/q;;;+2/p-2. The summed E-state index contributed by atoms with van der Waals surface area (Å²) in [7, 11) is 0. The Kier molecular flexibility index (Phi) is 8.17. The van der Waals surface area contributed by atoms with Crippen LogP contribution in [-0.4, -0.2) is 27.4 Å². The van der Waals surface area contributed by atoms with Gasteiger partial charge >= 0.3 is 20.4 Å². The van der Waals surface area contributed by atoms with Gasteiger partial charge in [0, 0.05) is 16.2 Å². The van der Waals surface area contributed by atoms with Crippen LogP contribution in [0.3, 0.4) is 0 Å². The Morgan fingerprint density at radius 2 is 1.09 bits per heavy atom. The number of hydrogen-bond acceptors (Lipinski definition) is 6. The predicted octanol–water partition coefficient (Wildman–Crippen LogP) is 1.28. The van der Waals surface area contributed by atoms with Gasteiger partial charge in [-0.05, 0) is 37.1 Å². The summed E-state index contributed by atoms with van der Waals surface area (Å²) in [4.78, 5) is 29.8. The van der Waals surface area contributed by atoms with E-state index in [1.165, 1.54) is 0 Å². The fourth-order valence-corrected chi connectivity index (χ4v) is 3.44. The van der Waals surface area contributed by atoms with Crippen LogP contribution in [0.5, 0.6) is 0 Å². The van der Waals surface area contributed by atoms with Gasteiger partial charge in [0.05, 0.1) is 34.4 Å². The molecule has 0 saturated heterocycles. The maximum Gasteiger partial charge on any atom is 2.00 e. The molecule has 0 atom stereocenters. The Bertz CT molecular complexity index is 1160. The Hall–Kier alpha value is -3.18. The van der Waals surface area contributed by atoms with Crippen LogP contribution in [0.1, 0.15) is 19.3 Å². The molecule has 0 bridgehead atoms. The zero-order chi connectivity index (χ0) is 21.1. The van der Waals surface area contributed by atoms with E-state index in [1.807, 2.05) is 48.5 Å². The fraction of sp³-hybridized carbons (Fsp3) is 0.167. The fourth-order valence-electron chi connectivity index (χ4n) is 3.44. The number of aromatic nitrogens is 2. The third kappa shape index (κ3) is 4.83. The number of benzene rings is 2. The number of nitrogens with zero attached hydrogens (tertiary/aromatic N) is 2. The number of rotatable bonds is 3. The van der Waals surface area contributed by atoms with E-state index < -0.39 is 17.4 Å². The molecule has 32 heavy (non-hydrogen) atoms. The number of hydrogen-bond donors (Lipinski definition) is 0. The van der Waals surface area contributed by atoms with Gasteiger partial charge in [0.25, 0.3) is 0 Å². The molecule has 0 aliphatic heterocycles. The van der Waals surface area contributed by atoms with Crippen LogP contribution in [0.2, 0.25) is 0 Å². The summed E-state index contributed by atoms with van der Waals surface area (Å²) in [6, 6.07) is 24.5. The monoisotopic (exact) mass is 522 g/mol. The number of aliphatic carboxylic acids is 2. The van der Waals surface area contributed by atoms with Crippen LogP contribution in [-0.2, 0) is 30.0 Å². The van der Waals surface area contributed by atoms with Crippen molar-refractivity contribution in [3.8, 4) is 11.4 Å². The third-order valence-electron chi connectivity index (χ3n) is 5.45. The molecule has 0 spiro atoms. The van der Waals surface area contributed by atoms with Gasteiger partial charge in [0.1, 0.15) is 0 Å². The van der Waals surface area contributed by atoms with E-state index in [2.05, 4.69) is 34.2 Å². The van der Waals surface area contributed by atoms with Gasteiger partial charge in [-0.1, -0.05) is 55.0 Å². The van der Waals surface area contributed by atoms with Crippen LogP contribution in [0.25, 0.3) is 33.2 Å². The van der Waals surface area contributed by atoms with Gasteiger partial charge in [-0.3, -0.25) is 0 Å². The van der Waals surface area contributed by atoms with Crippen molar-refractivity contribution in [1.29, 1.82) is 0 Å². The minimum atomic E-state index is -1.67. The van der Waals surface area contributed by atoms with E-state index >= 15 is 0 Å². The molecule has 1 aliphatic rings. The summed E-state index contributed by atoms with van der Waals surface area (Å²) in [6.07, 6.45) is 0.928. The number of carbonyl (C=O) groups excluding carboxylic acids is 2. The molecule has 2 aromatic carbocycles. The Morgan fingerprint density at radius 3 is 1.41 bits per heavy atom. The molecule has 2 N–H and O–H groups in total. The van der Waals surface area contributed by atoms with Crippen molar-refractivity contribution in [3.63, 3.8) is 0 Å². The number of carbonyl (C=O) groups is 2. The molecule has 8 heteroatoms. The topological polar surface area (TPSA) is 138 Å². The van der Waals surface area contributed by atoms with Gasteiger partial charge < -0.3 is 25.3 Å². The predicted molar refractivity (Wildman–Crippen MR) is 112 cm³/mol. The second kappa shape index (κ2) is 10.4. The molecule has 2 heterocycles. The van der Waals surface area contributed by atoms with Crippen LogP contribution < -0.4 is 10.2 Å². The van der Waals surface area contributed by atoms with Gasteiger partial charge in [0.15, 0.2) is 0 Å². The van der Waals surface area contributed by atoms with Gasteiger partial charge in [-0.15, -0.1) is 0 Å². The number of pyridine rings is 2. The summed E-state index contributed by atoms with van der Waals surface area (Å²) >= 11 is 0. The SMILES string of the molecule is O.O=C([O-])C1(C(=O)[O-])CCC1.[Pd+2].c1ccc2nc(-c3ccc4ccccc4n3)ccc2c1. The van der Waals surface area contributed by atoms with E-state index in [9.17, 15) is 19.8 Å². The molecular formula is C24H20N2O5Pd. The van der Waals surface area contributed by atoms with Crippen LogP contribution in [0.15, 0.2) is 72.8 Å². The summed E-state index contributed by atoms with van der Waals surface area (Å²) in [6.45, 7) is 0. The van der Waals surface area contributed by atoms with Crippen LogP contribution in [0, 0.1) is 5.41 Å². The first kappa shape index (κ1) is 25.1. The minimum absolute atomic E-state index is 0. The minimum Gasteiger partial charge on any atom is -0.549 e. The third-order valence-corrected chi connectivity index (χ3v) is 5.45. The maximum absolute atomic E-state index is 10.2. The smallest absolute Gasteiger partial charge is 0.549 e. The molecule has 0 radical (unpaired) electrons. The molecule has 0 unspecified atom stereocenters. The molecular weight excluding hydrogens is 503 g/mol. The summed E-state index contributed by atoms with van der Waals surface area (Å²) in [5.41, 5.74) is 2.16. The van der Waals surface area contributed by atoms with Crippen molar-refractivity contribution in [3.05, 3.63) is 72.8 Å².